The summed E-state index contributed by atoms with van der Waals surface area (Å²) in [7, 11) is 0. The molecule has 1 aromatic carbocycles. The summed E-state index contributed by atoms with van der Waals surface area (Å²) in [4.78, 5) is 0. The summed E-state index contributed by atoms with van der Waals surface area (Å²) in [6.45, 7) is 3.70. The van der Waals surface area contributed by atoms with Crippen LogP contribution < -0.4 is 5.73 Å². The molecule has 100 valence electrons. The third-order valence-electron chi connectivity index (χ3n) is 4.00. The van der Waals surface area contributed by atoms with Crippen LogP contribution in [-0.2, 0) is 11.6 Å². The van der Waals surface area contributed by atoms with E-state index in [2.05, 4.69) is 0 Å². The van der Waals surface area contributed by atoms with Gasteiger partial charge in [-0.25, -0.2) is 0 Å². The van der Waals surface area contributed by atoms with Crippen LogP contribution in [-0.4, -0.2) is 5.54 Å². The Bertz CT molecular complexity index is 476. The molecule has 1 nitrogen and oxygen atoms in total. The van der Waals surface area contributed by atoms with Crippen LogP contribution in [0.2, 0.25) is 5.02 Å². The lowest BCUT2D eigenvalue weighted by Crippen LogP contribution is -2.43. The van der Waals surface area contributed by atoms with Crippen molar-refractivity contribution in [3.63, 3.8) is 0 Å². The largest absolute Gasteiger partial charge is 0.416 e. The molecule has 1 aliphatic carbocycles. The summed E-state index contributed by atoms with van der Waals surface area (Å²) in [6.07, 6.45) is -2.74. The summed E-state index contributed by atoms with van der Waals surface area (Å²) in [5.41, 5.74) is 4.93. The predicted octanol–water partition coefficient (Wildman–Crippen LogP) is 4.13. The van der Waals surface area contributed by atoms with Crippen LogP contribution in [0.1, 0.15) is 37.8 Å². The number of benzene rings is 1. The van der Waals surface area contributed by atoms with Crippen molar-refractivity contribution in [2.75, 3.05) is 0 Å². The molecule has 0 aromatic heterocycles. The molecule has 2 N–H and O–H groups in total. The van der Waals surface area contributed by atoms with Gasteiger partial charge in [0.15, 0.2) is 0 Å². The van der Waals surface area contributed by atoms with E-state index < -0.39 is 22.7 Å². The lowest BCUT2D eigenvalue weighted by atomic mass is 9.75. The Balaban J connectivity index is 2.51. The molecule has 0 saturated heterocycles. The molecule has 0 amide bonds. The Morgan fingerprint density at radius 1 is 1.22 bits per heavy atom. The number of nitrogens with two attached hydrogens (primary N) is 1. The number of rotatable bonds is 2. The van der Waals surface area contributed by atoms with E-state index in [9.17, 15) is 13.2 Å². The molecule has 2 rings (SSSR count). The second-order valence-corrected chi connectivity index (χ2v) is 5.88. The van der Waals surface area contributed by atoms with Crippen molar-refractivity contribution in [3.05, 3.63) is 34.3 Å². The van der Waals surface area contributed by atoms with Gasteiger partial charge in [0, 0.05) is 16.0 Å². The lowest BCUT2D eigenvalue weighted by Gasteiger charge is -2.33. The zero-order valence-electron chi connectivity index (χ0n) is 10.2. The highest BCUT2D eigenvalue weighted by Crippen LogP contribution is 2.51. The molecule has 0 unspecified atom stereocenters. The highest BCUT2D eigenvalue weighted by Gasteiger charge is 2.52. The van der Waals surface area contributed by atoms with Crippen LogP contribution in [0.4, 0.5) is 13.2 Å². The van der Waals surface area contributed by atoms with Crippen LogP contribution in [0.5, 0.6) is 0 Å². The van der Waals surface area contributed by atoms with Gasteiger partial charge >= 0.3 is 6.18 Å². The summed E-state index contributed by atoms with van der Waals surface area (Å²) >= 11 is 6.04. The second kappa shape index (κ2) is 3.87. The topological polar surface area (TPSA) is 26.0 Å². The molecular formula is C13H15ClF3N. The highest BCUT2D eigenvalue weighted by molar-refractivity contribution is 6.31. The molecule has 0 aliphatic heterocycles. The van der Waals surface area contributed by atoms with Gasteiger partial charge in [-0.1, -0.05) is 25.4 Å². The summed E-state index contributed by atoms with van der Waals surface area (Å²) in [6, 6.07) is 3.42. The van der Waals surface area contributed by atoms with E-state index in [4.69, 9.17) is 17.3 Å². The van der Waals surface area contributed by atoms with E-state index in [1.165, 1.54) is 6.07 Å². The Kier molecular flexibility index (Phi) is 2.95. The molecule has 0 atom stereocenters. The van der Waals surface area contributed by atoms with E-state index in [1.807, 2.05) is 13.8 Å². The number of alkyl halides is 3. The molecule has 1 saturated carbocycles. The van der Waals surface area contributed by atoms with Gasteiger partial charge in [-0.05, 0) is 36.6 Å². The standard InChI is InChI=1S/C13H15ClF3N/c1-11(2,12(18)5-6-12)9-7-8(13(15,16)17)3-4-10(9)14/h3-4,7H,5-6,18H2,1-2H3. The lowest BCUT2D eigenvalue weighted by molar-refractivity contribution is -0.137. The zero-order chi connectivity index (χ0) is 13.8. The molecular weight excluding hydrogens is 263 g/mol. The first kappa shape index (κ1) is 13.7. The van der Waals surface area contributed by atoms with Crippen LogP contribution in [0.15, 0.2) is 18.2 Å². The average Bonchev–Trinajstić information content (AvgIpc) is 2.96. The number of hydrogen-bond donors (Lipinski definition) is 1. The quantitative estimate of drug-likeness (QED) is 0.864. The number of halogens is 4. The summed E-state index contributed by atoms with van der Waals surface area (Å²) < 4.78 is 38.2. The Labute approximate surface area is 109 Å². The monoisotopic (exact) mass is 277 g/mol. The predicted molar refractivity (Wildman–Crippen MR) is 65.6 cm³/mol. The van der Waals surface area contributed by atoms with Crippen LogP contribution in [0, 0.1) is 0 Å². The normalized spacial score (nSPS) is 18.8. The molecule has 1 fully saturated rings. The van der Waals surface area contributed by atoms with Crippen molar-refractivity contribution >= 4 is 11.6 Å². The van der Waals surface area contributed by atoms with E-state index in [-0.39, 0.29) is 0 Å². The van der Waals surface area contributed by atoms with Gasteiger partial charge in [-0.2, -0.15) is 13.2 Å². The van der Waals surface area contributed by atoms with E-state index in [0.29, 0.717) is 10.6 Å². The zero-order valence-corrected chi connectivity index (χ0v) is 11.0. The van der Waals surface area contributed by atoms with Crippen molar-refractivity contribution in [3.8, 4) is 0 Å². The first-order chi connectivity index (χ1) is 8.08. The molecule has 0 heterocycles. The SMILES string of the molecule is CC(C)(c1cc(C(F)(F)F)ccc1Cl)C1(N)CC1. The van der Waals surface area contributed by atoms with Crippen LogP contribution in [0.25, 0.3) is 0 Å². The molecule has 0 bridgehead atoms. The third kappa shape index (κ3) is 2.12. The maximum atomic E-state index is 12.7. The molecule has 5 heteroatoms. The molecule has 1 aromatic rings. The first-order valence-electron chi connectivity index (χ1n) is 5.74. The first-order valence-corrected chi connectivity index (χ1v) is 6.12. The van der Waals surface area contributed by atoms with E-state index >= 15 is 0 Å². The second-order valence-electron chi connectivity index (χ2n) is 5.47. The highest BCUT2D eigenvalue weighted by atomic mass is 35.5. The van der Waals surface area contributed by atoms with Crippen molar-refractivity contribution in [2.24, 2.45) is 5.73 Å². The molecule has 18 heavy (non-hydrogen) atoms. The maximum Gasteiger partial charge on any atom is 0.416 e. The Hall–Kier alpha value is -0.740. The van der Waals surface area contributed by atoms with Crippen molar-refractivity contribution < 1.29 is 13.2 Å². The third-order valence-corrected chi connectivity index (χ3v) is 4.33. The van der Waals surface area contributed by atoms with Crippen molar-refractivity contribution in [1.82, 2.24) is 0 Å². The molecule has 0 radical (unpaired) electrons. The maximum absolute atomic E-state index is 12.7. The van der Waals surface area contributed by atoms with Gasteiger partial charge in [0.1, 0.15) is 0 Å². The van der Waals surface area contributed by atoms with Gasteiger partial charge < -0.3 is 5.73 Å². The fraction of sp³-hybridized carbons (Fsp3) is 0.538. The Morgan fingerprint density at radius 2 is 1.78 bits per heavy atom. The minimum Gasteiger partial charge on any atom is -0.324 e. The van der Waals surface area contributed by atoms with Gasteiger partial charge in [0.2, 0.25) is 0 Å². The molecule has 0 spiro atoms. The van der Waals surface area contributed by atoms with Gasteiger partial charge in [0.05, 0.1) is 5.56 Å². The van der Waals surface area contributed by atoms with Gasteiger partial charge in [-0.15, -0.1) is 0 Å². The van der Waals surface area contributed by atoms with E-state index in [1.54, 1.807) is 0 Å². The molecule has 1 aliphatic rings. The van der Waals surface area contributed by atoms with Crippen LogP contribution in [0.3, 0.4) is 0 Å². The summed E-state index contributed by atoms with van der Waals surface area (Å²) in [5, 5.41) is 0.338. The minimum atomic E-state index is -4.36. The van der Waals surface area contributed by atoms with Crippen molar-refractivity contribution in [1.29, 1.82) is 0 Å². The van der Waals surface area contributed by atoms with Gasteiger partial charge in [-0.3, -0.25) is 0 Å². The number of hydrogen-bond acceptors (Lipinski definition) is 1. The Morgan fingerprint density at radius 3 is 2.22 bits per heavy atom. The smallest absolute Gasteiger partial charge is 0.324 e. The fourth-order valence-electron chi connectivity index (χ4n) is 2.21. The van der Waals surface area contributed by atoms with Crippen LogP contribution >= 0.6 is 11.6 Å². The average molecular weight is 278 g/mol. The minimum absolute atomic E-state index is 0.338. The van der Waals surface area contributed by atoms with Crippen molar-refractivity contribution in [2.45, 2.75) is 43.8 Å². The van der Waals surface area contributed by atoms with E-state index in [0.717, 1.165) is 25.0 Å². The fourth-order valence-corrected chi connectivity index (χ4v) is 2.56. The van der Waals surface area contributed by atoms with Gasteiger partial charge in [0.25, 0.3) is 0 Å². The summed E-state index contributed by atoms with van der Waals surface area (Å²) in [5.74, 6) is 0.